The van der Waals surface area contributed by atoms with Gasteiger partial charge in [-0.3, -0.25) is 0 Å². The van der Waals surface area contributed by atoms with Crippen molar-refractivity contribution in [1.82, 2.24) is 10.2 Å². The van der Waals surface area contributed by atoms with Gasteiger partial charge in [0.05, 0.1) is 0 Å². The molecular formula is C8H14F3N3O. The van der Waals surface area contributed by atoms with Crippen LogP contribution in [0, 0.1) is 5.92 Å². The molecule has 0 aliphatic carbocycles. The van der Waals surface area contributed by atoms with Crippen molar-refractivity contribution in [1.29, 1.82) is 0 Å². The lowest BCUT2D eigenvalue weighted by Crippen LogP contribution is -2.43. The number of rotatable bonds is 1. The van der Waals surface area contributed by atoms with E-state index in [4.69, 9.17) is 5.73 Å². The lowest BCUT2D eigenvalue weighted by molar-refractivity contribution is -0.123. The number of nitrogens with two attached hydrogens (primary N) is 1. The number of carbonyl (C=O) groups is 1. The standard InChI is InChI=1S/C8H14F3N3O/c1-5-2-14(3-6(5)12)7(15)13-4-8(9,10)11/h5-6H,2-4,12H2,1H3,(H,13,15). The van der Waals surface area contributed by atoms with E-state index in [1.807, 2.05) is 12.2 Å². The fourth-order valence-electron chi connectivity index (χ4n) is 1.45. The van der Waals surface area contributed by atoms with Crippen LogP contribution in [0.15, 0.2) is 0 Å². The molecule has 0 saturated carbocycles. The molecule has 2 amide bonds. The molecule has 1 saturated heterocycles. The van der Waals surface area contributed by atoms with Crippen LogP contribution in [0.3, 0.4) is 0 Å². The first-order valence-electron chi connectivity index (χ1n) is 4.64. The van der Waals surface area contributed by atoms with Crippen LogP contribution in [-0.2, 0) is 0 Å². The molecule has 0 radical (unpaired) electrons. The maximum atomic E-state index is 11.8. The molecule has 0 spiro atoms. The van der Waals surface area contributed by atoms with Crippen LogP contribution in [0.2, 0.25) is 0 Å². The van der Waals surface area contributed by atoms with Gasteiger partial charge in [-0.15, -0.1) is 0 Å². The van der Waals surface area contributed by atoms with Gasteiger partial charge in [0.15, 0.2) is 0 Å². The molecule has 2 unspecified atom stereocenters. The summed E-state index contributed by atoms with van der Waals surface area (Å²) >= 11 is 0. The van der Waals surface area contributed by atoms with Crippen molar-refractivity contribution in [2.45, 2.75) is 19.1 Å². The molecule has 1 rings (SSSR count). The number of carbonyl (C=O) groups excluding carboxylic acids is 1. The van der Waals surface area contributed by atoms with Crippen LogP contribution in [0.4, 0.5) is 18.0 Å². The molecule has 1 heterocycles. The van der Waals surface area contributed by atoms with E-state index in [1.165, 1.54) is 4.90 Å². The SMILES string of the molecule is CC1CN(C(=O)NCC(F)(F)F)CC1N. The van der Waals surface area contributed by atoms with Crippen molar-refractivity contribution < 1.29 is 18.0 Å². The summed E-state index contributed by atoms with van der Waals surface area (Å²) in [4.78, 5) is 12.5. The van der Waals surface area contributed by atoms with Gasteiger partial charge in [-0.2, -0.15) is 13.2 Å². The number of halogens is 3. The second-order valence-electron chi connectivity index (χ2n) is 3.82. The Morgan fingerprint density at radius 2 is 2.13 bits per heavy atom. The Kier molecular flexibility index (Phi) is 3.43. The summed E-state index contributed by atoms with van der Waals surface area (Å²) in [6.45, 7) is 1.28. The predicted octanol–water partition coefficient (Wildman–Crippen LogP) is 0.537. The summed E-state index contributed by atoms with van der Waals surface area (Å²) in [5.74, 6) is 0.127. The maximum Gasteiger partial charge on any atom is 0.405 e. The first kappa shape index (κ1) is 12.1. The zero-order valence-corrected chi connectivity index (χ0v) is 8.34. The third-order valence-electron chi connectivity index (χ3n) is 2.40. The minimum atomic E-state index is -4.37. The zero-order chi connectivity index (χ0) is 11.6. The Hall–Kier alpha value is -0.980. The van der Waals surface area contributed by atoms with Gasteiger partial charge in [0, 0.05) is 19.1 Å². The van der Waals surface area contributed by atoms with E-state index in [-0.39, 0.29) is 12.0 Å². The molecule has 0 aromatic heterocycles. The van der Waals surface area contributed by atoms with Gasteiger partial charge in [-0.1, -0.05) is 6.92 Å². The van der Waals surface area contributed by atoms with E-state index in [0.717, 1.165) is 0 Å². The molecule has 0 aromatic carbocycles. The summed E-state index contributed by atoms with van der Waals surface area (Å²) in [6, 6.07) is -0.853. The number of hydrogen-bond acceptors (Lipinski definition) is 2. The third kappa shape index (κ3) is 3.58. The number of amides is 2. The van der Waals surface area contributed by atoms with Crippen LogP contribution in [0.1, 0.15) is 6.92 Å². The van der Waals surface area contributed by atoms with Gasteiger partial charge in [0.25, 0.3) is 0 Å². The van der Waals surface area contributed by atoms with E-state index in [9.17, 15) is 18.0 Å². The van der Waals surface area contributed by atoms with Gasteiger partial charge in [-0.25, -0.2) is 4.79 Å². The molecular weight excluding hydrogens is 211 g/mol. The highest BCUT2D eigenvalue weighted by Crippen LogP contribution is 2.15. The molecule has 1 aliphatic heterocycles. The van der Waals surface area contributed by atoms with Crippen LogP contribution in [-0.4, -0.2) is 42.8 Å². The van der Waals surface area contributed by atoms with E-state index >= 15 is 0 Å². The Morgan fingerprint density at radius 1 is 1.53 bits per heavy atom. The number of hydrogen-bond donors (Lipinski definition) is 2. The average Bonchev–Trinajstić information content (AvgIpc) is 2.42. The van der Waals surface area contributed by atoms with Crippen molar-refractivity contribution in [3.63, 3.8) is 0 Å². The molecule has 0 bridgehead atoms. The van der Waals surface area contributed by atoms with Crippen molar-refractivity contribution >= 4 is 6.03 Å². The zero-order valence-electron chi connectivity index (χ0n) is 8.34. The lowest BCUT2D eigenvalue weighted by atomic mass is 10.1. The second kappa shape index (κ2) is 4.26. The molecule has 15 heavy (non-hydrogen) atoms. The average molecular weight is 225 g/mol. The lowest BCUT2D eigenvalue weighted by Gasteiger charge is -2.17. The first-order chi connectivity index (χ1) is 6.79. The van der Waals surface area contributed by atoms with Crippen molar-refractivity contribution in [2.24, 2.45) is 11.7 Å². The number of nitrogens with one attached hydrogen (secondary N) is 1. The predicted molar refractivity (Wildman–Crippen MR) is 48.2 cm³/mol. The fourth-order valence-corrected chi connectivity index (χ4v) is 1.45. The molecule has 4 nitrogen and oxygen atoms in total. The Morgan fingerprint density at radius 3 is 2.53 bits per heavy atom. The quantitative estimate of drug-likeness (QED) is 0.684. The highest BCUT2D eigenvalue weighted by atomic mass is 19.4. The van der Waals surface area contributed by atoms with Crippen molar-refractivity contribution in [2.75, 3.05) is 19.6 Å². The van der Waals surface area contributed by atoms with Crippen molar-refractivity contribution in [3.05, 3.63) is 0 Å². The van der Waals surface area contributed by atoms with E-state index in [0.29, 0.717) is 13.1 Å². The maximum absolute atomic E-state index is 11.8. The van der Waals surface area contributed by atoms with Gasteiger partial charge in [-0.05, 0) is 5.92 Å². The Labute approximate surface area is 85.6 Å². The summed E-state index contributed by atoms with van der Waals surface area (Å²) in [5.41, 5.74) is 5.64. The Bertz CT molecular complexity index is 234. The van der Waals surface area contributed by atoms with E-state index < -0.39 is 18.8 Å². The number of likely N-dealkylation sites (tertiary alicyclic amines) is 1. The van der Waals surface area contributed by atoms with Gasteiger partial charge < -0.3 is 16.0 Å². The van der Waals surface area contributed by atoms with Crippen LogP contribution in [0.5, 0.6) is 0 Å². The minimum Gasteiger partial charge on any atom is -0.329 e. The summed E-state index contributed by atoms with van der Waals surface area (Å²) in [7, 11) is 0. The van der Waals surface area contributed by atoms with E-state index in [2.05, 4.69) is 0 Å². The van der Waals surface area contributed by atoms with Crippen LogP contribution >= 0.6 is 0 Å². The van der Waals surface area contributed by atoms with Crippen LogP contribution < -0.4 is 11.1 Å². The normalized spacial score (nSPS) is 26.9. The monoisotopic (exact) mass is 225 g/mol. The molecule has 2 atom stereocenters. The molecule has 7 heteroatoms. The molecule has 88 valence electrons. The van der Waals surface area contributed by atoms with Gasteiger partial charge in [0.2, 0.25) is 0 Å². The first-order valence-corrected chi connectivity index (χ1v) is 4.64. The molecule has 1 fully saturated rings. The molecule has 1 aliphatic rings. The summed E-state index contributed by atoms with van der Waals surface area (Å²) < 4.78 is 35.4. The van der Waals surface area contributed by atoms with Crippen LogP contribution in [0.25, 0.3) is 0 Å². The summed E-state index contributed by atoms with van der Waals surface area (Å²) in [6.07, 6.45) is -4.37. The third-order valence-corrected chi connectivity index (χ3v) is 2.40. The Balaban J connectivity index is 2.36. The number of nitrogens with zero attached hydrogens (tertiary/aromatic N) is 1. The molecule has 3 N–H and O–H groups in total. The molecule has 0 aromatic rings. The number of alkyl halides is 3. The van der Waals surface area contributed by atoms with Crippen molar-refractivity contribution in [3.8, 4) is 0 Å². The van der Waals surface area contributed by atoms with E-state index in [1.54, 1.807) is 0 Å². The highest BCUT2D eigenvalue weighted by molar-refractivity contribution is 5.74. The van der Waals surface area contributed by atoms with Gasteiger partial charge in [0.1, 0.15) is 6.54 Å². The largest absolute Gasteiger partial charge is 0.405 e. The smallest absolute Gasteiger partial charge is 0.329 e. The topological polar surface area (TPSA) is 58.4 Å². The van der Waals surface area contributed by atoms with Gasteiger partial charge >= 0.3 is 12.2 Å². The second-order valence-corrected chi connectivity index (χ2v) is 3.82. The summed E-state index contributed by atoms with van der Waals surface area (Å²) in [5, 5.41) is 1.81. The number of urea groups is 1. The fraction of sp³-hybridized carbons (Fsp3) is 0.875. The minimum absolute atomic E-state index is 0.127. The highest BCUT2D eigenvalue weighted by Gasteiger charge is 2.32.